The Bertz CT molecular complexity index is 408. The maximum atomic E-state index is 12.9. The summed E-state index contributed by atoms with van der Waals surface area (Å²) in [4.78, 5) is 0. The second-order valence-electron chi connectivity index (χ2n) is 3.39. The molecular formula is C11H11F3N2O. The molecule has 0 amide bonds. The van der Waals surface area contributed by atoms with Crippen molar-refractivity contribution in [3.63, 3.8) is 0 Å². The number of rotatable bonds is 5. The van der Waals surface area contributed by atoms with Crippen LogP contribution in [0.15, 0.2) is 12.1 Å². The van der Waals surface area contributed by atoms with Crippen molar-refractivity contribution in [3.8, 4) is 6.07 Å². The zero-order valence-corrected chi connectivity index (χ0v) is 8.88. The quantitative estimate of drug-likeness (QED) is 0.611. The highest BCUT2D eigenvalue weighted by atomic mass is 19.2. The first-order valence-corrected chi connectivity index (χ1v) is 4.98. The van der Waals surface area contributed by atoms with Crippen molar-refractivity contribution in [2.45, 2.75) is 12.5 Å². The molecule has 0 saturated carbocycles. The maximum absolute atomic E-state index is 12.9. The predicted molar refractivity (Wildman–Crippen MR) is 54.4 cm³/mol. The minimum absolute atomic E-state index is 0.0156. The molecule has 0 heterocycles. The third-order valence-corrected chi connectivity index (χ3v) is 2.15. The summed E-state index contributed by atoms with van der Waals surface area (Å²) in [6.07, 6.45) is 0.407. The van der Waals surface area contributed by atoms with Crippen LogP contribution in [0.2, 0.25) is 0 Å². The third-order valence-electron chi connectivity index (χ3n) is 2.15. The summed E-state index contributed by atoms with van der Waals surface area (Å²) in [7, 11) is 0. The van der Waals surface area contributed by atoms with Crippen molar-refractivity contribution < 1.29 is 18.3 Å². The minimum Gasteiger partial charge on any atom is -0.396 e. The molecule has 1 unspecified atom stereocenters. The molecule has 0 aromatic heterocycles. The number of nitriles is 1. The largest absolute Gasteiger partial charge is 0.396 e. The Morgan fingerprint density at radius 2 is 1.88 bits per heavy atom. The van der Waals surface area contributed by atoms with E-state index in [1.165, 1.54) is 0 Å². The number of halogens is 3. The highest BCUT2D eigenvalue weighted by Gasteiger charge is 2.16. The molecule has 0 radical (unpaired) electrons. The number of nitrogens with zero attached hydrogens (tertiary/aromatic N) is 1. The minimum atomic E-state index is -1.55. The Balaban J connectivity index is 2.86. The van der Waals surface area contributed by atoms with Gasteiger partial charge in [0.05, 0.1) is 6.07 Å². The monoisotopic (exact) mass is 244 g/mol. The number of benzene rings is 1. The van der Waals surface area contributed by atoms with Crippen molar-refractivity contribution in [3.05, 3.63) is 35.1 Å². The molecule has 0 aliphatic rings. The average Bonchev–Trinajstić information content (AvgIpc) is 2.31. The van der Waals surface area contributed by atoms with Gasteiger partial charge in [0.15, 0.2) is 17.5 Å². The van der Waals surface area contributed by atoms with Crippen LogP contribution in [0.5, 0.6) is 0 Å². The molecule has 0 bridgehead atoms. The molecule has 1 aromatic rings. The van der Waals surface area contributed by atoms with Crippen LogP contribution in [0.3, 0.4) is 0 Å². The summed E-state index contributed by atoms with van der Waals surface area (Å²) in [5, 5.41) is 20.1. The van der Waals surface area contributed by atoms with Gasteiger partial charge in [0.25, 0.3) is 0 Å². The number of hydrogen-bond donors (Lipinski definition) is 2. The van der Waals surface area contributed by atoms with Crippen molar-refractivity contribution >= 4 is 0 Å². The van der Waals surface area contributed by atoms with Crippen LogP contribution < -0.4 is 5.32 Å². The van der Waals surface area contributed by atoms with E-state index in [1.807, 2.05) is 0 Å². The normalized spacial score (nSPS) is 12.2. The van der Waals surface area contributed by atoms with Crippen molar-refractivity contribution in [1.82, 2.24) is 5.32 Å². The summed E-state index contributed by atoms with van der Waals surface area (Å²) in [6.45, 7) is 0.257. The summed E-state index contributed by atoms with van der Waals surface area (Å²) in [6, 6.07) is 2.42. The molecule has 92 valence electrons. The summed E-state index contributed by atoms with van der Waals surface area (Å²) >= 11 is 0. The van der Waals surface area contributed by atoms with Gasteiger partial charge < -0.3 is 5.11 Å². The fourth-order valence-corrected chi connectivity index (χ4v) is 1.31. The number of aliphatic hydroxyl groups is 1. The highest BCUT2D eigenvalue weighted by molar-refractivity contribution is 5.26. The van der Waals surface area contributed by atoms with E-state index in [2.05, 4.69) is 5.32 Å². The highest BCUT2D eigenvalue weighted by Crippen LogP contribution is 2.18. The zero-order valence-electron chi connectivity index (χ0n) is 8.88. The summed E-state index contributed by atoms with van der Waals surface area (Å²) in [5.41, 5.74) is 0.0156. The van der Waals surface area contributed by atoms with Gasteiger partial charge in [-0.3, -0.25) is 5.32 Å². The van der Waals surface area contributed by atoms with E-state index in [-0.39, 0.29) is 12.2 Å². The van der Waals surface area contributed by atoms with E-state index in [0.29, 0.717) is 13.0 Å². The van der Waals surface area contributed by atoms with Crippen LogP contribution in [0.25, 0.3) is 0 Å². The van der Waals surface area contributed by atoms with E-state index in [4.69, 9.17) is 10.4 Å². The van der Waals surface area contributed by atoms with Crippen LogP contribution in [0, 0.1) is 28.8 Å². The maximum Gasteiger partial charge on any atom is 0.194 e. The van der Waals surface area contributed by atoms with E-state index in [1.54, 1.807) is 6.07 Å². The molecule has 6 heteroatoms. The first-order chi connectivity index (χ1) is 8.10. The molecule has 0 aliphatic heterocycles. The number of nitrogens with one attached hydrogen (secondary N) is 1. The lowest BCUT2D eigenvalue weighted by Crippen LogP contribution is -2.22. The molecule has 0 fully saturated rings. The first-order valence-electron chi connectivity index (χ1n) is 4.98. The van der Waals surface area contributed by atoms with E-state index < -0.39 is 23.5 Å². The molecule has 1 rings (SSSR count). The zero-order chi connectivity index (χ0) is 12.8. The van der Waals surface area contributed by atoms with Gasteiger partial charge >= 0.3 is 0 Å². The topological polar surface area (TPSA) is 56.0 Å². The van der Waals surface area contributed by atoms with Crippen molar-refractivity contribution in [2.75, 3.05) is 13.2 Å². The average molecular weight is 244 g/mol. The molecule has 17 heavy (non-hydrogen) atoms. The van der Waals surface area contributed by atoms with Crippen LogP contribution in [-0.4, -0.2) is 18.3 Å². The van der Waals surface area contributed by atoms with Crippen LogP contribution >= 0.6 is 0 Å². The van der Waals surface area contributed by atoms with Gasteiger partial charge in [-0.1, -0.05) is 0 Å². The Morgan fingerprint density at radius 3 is 2.35 bits per heavy atom. The second-order valence-corrected chi connectivity index (χ2v) is 3.39. The SMILES string of the molecule is N#CC(NCCCO)c1cc(F)c(F)c(F)c1. The first kappa shape index (κ1) is 13.5. The van der Waals surface area contributed by atoms with E-state index in [0.717, 1.165) is 12.1 Å². The Hall–Kier alpha value is -1.58. The van der Waals surface area contributed by atoms with Gasteiger partial charge in [0, 0.05) is 6.61 Å². The number of aliphatic hydroxyl groups excluding tert-OH is 1. The number of hydrogen-bond acceptors (Lipinski definition) is 3. The fraction of sp³-hybridized carbons (Fsp3) is 0.364. The Labute approximate surface area is 96.5 Å². The second kappa shape index (κ2) is 6.23. The molecule has 3 nitrogen and oxygen atoms in total. The van der Waals surface area contributed by atoms with Crippen LogP contribution in [0.1, 0.15) is 18.0 Å². The molecule has 0 spiro atoms. The lowest BCUT2D eigenvalue weighted by Gasteiger charge is -2.11. The predicted octanol–water partition coefficient (Wildman–Crippen LogP) is 1.64. The standard InChI is InChI=1S/C11H11F3N2O/c12-8-4-7(5-9(13)11(8)14)10(6-15)16-2-1-3-17/h4-5,10,16-17H,1-3H2. The Morgan fingerprint density at radius 1 is 1.29 bits per heavy atom. The lowest BCUT2D eigenvalue weighted by molar-refractivity contribution is 0.285. The van der Waals surface area contributed by atoms with Crippen molar-refractivity contribution in [2.24, 2.45) is 0 Å². The van der Waals surface area contributed by atoms with Crippen LogP contribution in [0.4, 0.5) is 13.2 Å². The van der Waals surface area contributed by atoms with Gasteiger partial charge in [-0.15, -0.1) is 0 Å². The van der Waals surface area contributed by atoms with Crippen molar-refractivity contribution in [1.29, 1.82) is 5.26 Å². The molecule has 0 saturated heterocycles. The summed E-state index contributed by atoms with van der Waals surface area (Å²) < 4.78 is 38.6. The molecular weight excluding hydrogens is 233 g/mol. The van der Waals surface area contributed by atoms with Gasteiger partial charge in [-0.05, 0) is 30.7 Å². The smallest absolute Gasteiger partial charge is 0.194 e. The van der Waals surface area contributed by atoms with Crippen LogP contribution in [-0.2, 0) is 0 Å². The molecule has 1 atom stereocenters. The fourth-order valence-electron chi connectivity index (χ4n) is 1.31. The van der Waals surface area contributed by atoms with E-state index >= 15 is 0 Å². The molecule has 2 N–H and O–H groups in total. The molecule has 0 aliphatic carbocycles. The van der Waals surface area contributed by atoms with Gasteiger partial charge in [0.1, 0.15) is 6.04 Å². The van der Waals surface area contributed by atoms with Gasteiger partial charge in [0.2, 0.25) is 0 Å². The van der Waals surface area contributed by atoms with Gasteiger partial charge in [-0.25, -0.2) is 13.2 Å². The summed E-state index contributed by atoms with van der Waals surface area (Å²) in [5.74, 6) is -4.21. The van der Waals surface area contributed by atoms with E-state index in [9.17, 15) is 13.2 Å². The van der Waals surface area contributed by atoms with Gasteiger partial charge in [-0.2, -0.15) is 5.26 Å². The third kappa shape index (κ3) is 3.44. The molecule has 1 aromatic carbocycles. The lowest BCUT2D eigenvalue weighted by atomic mass is 10.1. The Kier molecular flexibility index (Phi) is 4.94.